The molecule has 0 saturated carbocycles. The van der Waals surface area contributed by atoms with Crippen LogP contribution in [0.2, 0.25) is 18.1 Å². The second-order valence-corrected chi connectivity index (χ2v) is 12.7. The number of amides is 1. The van der Waals surface area contributed by atoms with Gasteiger partial charge in [-0.3, -0.25) is 0 Å². The number of ether oxygens (including phenoxy) is 2. The highest BCUT2D eigenvalue weighted by molar-refractivity contribution is 6.74. The van der Waals surface area contributed by atoms with Crippen LogP contribution >= 0.6 is 0 Å². The molecule has 1 aromatic rings. The molecule has 0 aromatic carbocycles. The van der Waals surface area contributed by atoms with E-state index in [1.165, 1.54) is 4.90 Å². The molecule has 1 aliphatic heterocycles. The summed E-state index contributed by atoms with van der Waals surface area (Å²) in [7, 11) is -1.85. The lowest BCUT2D eigenvalue weighted by Gasteiger charge is -2.36. The van der Waals surface area contributed by atoms with Crippen molar-refractivity contribution in [2.24, 2.45) is 0 Å². The van der Waals surface area contributed by atoms with Crippen LogP contribution in [0.3, 0.4) is 0 Å². The molecule has 0 radical (unpaired) electrons. The van der Waals surface area contributed by atoms with Gasteiger partial charge in [0.05, 0.1) is 25.5 Å². The van der Waals surface area contributed by atoms with E-state index < -0.39 is 14.4 Å². The van der Waals surface area contributed by atoms with Gasteiger partial charge in [0, 0.05) is 12.7 Å². The zero-order chi connectivity index (χ0) is 19.4. The number of aromatic nitrogens is 2. The van der Waals surface area contributed by atoms with Gasteiger partial charge in [-0.1, -0.05) is 20.8 Å². The minimum Gasteiger partial charge on any atom is -0.465 e. The Morgan fingerprint density at radius 2 is 2.19 bits per heavy atom. The zero-order valence-corrected chi connectivity index (χ0v) is 17.2. The minimum absolute atomic E-state index is 0.133. The number of carboxylic acid groups (broad SMARTS) is 1. The Kier molecular flexibility index (Phi) is 6.59. The van der Waals surface area contributed by atoms with Crippen molar-refractivity contribution in [3.8, 4) is 6.01 Å². The van der Waals surface area contributed by atoms with E-state index in [1.807, 2.05) is 6.07 Å². The first-order valence-electron chi connectivity index (χ1n) is 8.76. The van der Waals surface area contributed by atoms with E-state index in [9.17, 15) is 4.79 Å². The molecule has 0 spiro atoms. The van der Waals surface area contributed by atoms with Gasteiger partial charge in [-0.15, -0.1) is 0 Å². The molecule has 0 bridgehead atoms. The summed E-state index contributed by atoms with van der Waals surface area (Å²) in [6, 6.07) is 2.06. The van der Waals surface area contributed by atoms with Gasteiger partial charge in [0.15, 0.2) is 8.32 Å². The summed E-state index contributed by atoms with van der Waals surface area (Å²) in [5.74, 6) is 0. The van der Waals surface area contributed by atoms with Crippen LogP contribution in [0.5, 0.6) is 6.01 Å². The van der Waals surface area contributed by atoms with Gasteiger partial charge in [0.25, 0.3) is 0 Å². The average Bonchev–Trinajstić information content (AvgIpc) is 2.58. The number of carbonyl (C=O) groups is 1. The highest BCUT2D eigenvalue weighted by Crippen LogP contribution is 2.36. The van der Waals surface area contributed by atoms with Crippen molar-refractivity contribution in [2.45, 2.75) is 51.6 Å². The van der Waals surface area contributed by atoms with Crippen LogP contribution in [0.25, 0.3) is 0 Å². The molecule has 1 aromatic heterocycles. The van der Waals surface area contributed by atoms with Crippen molar-refractivity contribution in [1.29, 1.82) is 0 Å². The van der Waals surface area contributed by atoms with Crippen molar-refractivity contribution in [2.75, 3.05) is 26.3 Å². The number of hydrogen-bond donors (Lipinski definition) is 1. The van der Waals surface area contributed by atoms with Crippen LogP contribution in [0.1, 0.15) is 26.5 Å². The fourth-order valence-electron chi connectivity index (χ4n) is 2.16. The molecule has 1 atom stereocenters. The van der Waals surface area contributed by atoms with Gasteiger partial charge in [-0.2, -0.15) is 4.98 Å². The molecule has 146 valence electrons. The Bertz CT molecular complexity index is 621. The number of morpholine rings is 1. The summed E-state index contributed by atoms with van der Waals surface area (Å²) >= 11 is 0. The second kappa shape index (κ2) is 8.32. The van der Waals surface area contributed by atoms with E-state index in [0.717, 1.165) is 5.69 Å². The van der Waals surface area contributed by atoms with Crippen LogP contribution < -0.4 is 4.74 Å². The van der Waals surface area contributed by atoms with Crippen molar-refractivity contribution in [3.05, 3.63) is 18.0 Å². The first-order valence-corrected chi connectivity index (χ1v) is 11.7. The lowest BCUT2D eigenvalue weighted by Crippen LogP contribution is -2.47. The molecule has 26 heavy (non-hydrogen) atoms. The molecule has 8 nitrogen and oxygen atoms in total. The van der Waals surface area contributed by atoms with Gasteiger partial charge < -0.3 is 23.9 Å². The van der Waals surface area contributed by atoms with Crippen LogP contribution in [0.4, 0.5) is 4.79 Å². The first-order chi connectivity index (χ1) is 12.1. The molecule has 1 saturated heterocycles. The van der Waals surface area contributed by atoms with E-state index in [4.69, 9.17) is 19.0 Å². The highest BCUT2D eigenvalue weighted by atomic mass is 28.4. The second-order valence-electron chi connectivity index (χ2n) is 7.91. The van der Waals surface area contributed by atoms with Crippen molar-refractivity contribution in [1.82, 2.24) is 14.9 Å². The lowest BCUT2D eigenvalue weighted by atomic mass is 10.2. The van der Waals surface area contributed by atoms with Crippen molar-refractivity contribution in [3.63, 3.8) is 0 Å². The van der Waals surface area contributed by atoms with Gasteiger partial charge in [-0.05, 0) is 24.2 Å². The maximum Gasteiger partial charge on any atom is 0.407 e. The maximum atomic E-state index is 11.0. The van der Waals surface area contributed by atoms with Crippen molar-refractivity contribution < 1.29 is 23.8 Å². The molecule has 1 fully saturated rings. The Morgan fingerprint density at radius 3 is 2.85 bits per heavy atom. The number of rotatable bonds is 6. The molecule has 2 rings (SSSR count). The van der Waals surface area contributed by atoms with E-state index >= 15 is 0 Å². The largest absolute Gasteiger partial charge is 0.465 e. The molecular formula is C17H29N3O5Si. The average molecular weight is 384 g/mol. The fourth-order valence-corrected chi connectivity index (χ4v) is 3.10. The third-order valence-electron chi connectivity index (χ3n) is 4.89. The van der Waals surface area contributed by atoms with Crippen LogP contribution in [0, 0.1) is 0 Å². The lowest BCUT2D eigenvalue weighted by molar-refractivity contribution is -0.0425. The summed E-state index contributed by atoms with van der Waals surface area (Å²) in [6.07, 6.45) is 0.368. The normalized spacial score (nSPS) is 18.7. The van der Waals surface area contributed by atoms with E-state index in [-0.39, 0.29) is 30.3 Å². The van der Waals surface area contributed by atoms with Gasteiger partial charge >= 0.3 is 12.1 Å². The molecule has 0 aliphatic carbocycles. The maximum absolute atomic E-state index is 11.0. The molecule has 1 N–H and O–H groups in total. The number of hydrogen-bond acceptors (Lipinski definition) is 6. The number of nitrogens with zero attached hydrogens (tertiary/aromatic N) is 3. The topological polar surface area (TPSA) is 94.0 Å². The van der Waals surface area contributed by atoms with Gasteiger partial charge in [0.2, 0.25) is 0 Å². The van der Waals surface area contributed by atoms with Gasteiger partial charge in [0.1, 0.15) is 12.7 Å². The predicted molar refractivity (Wildman–Crippen MR) is 98.9 cm³/mol. The van der Waals surface area contributed by atoms with E-state index in [0.29, 0.717) is 19.8 Å². The minimum atomic E-state index is -1.85. The standard InChI is InChI=1S/C17H29N3O5Si/c1-17(2,3)26(4,5)25-11-13-6-7-18-15(19-13)24-12-14-10-20(16(21)22)8-9-23-14/h6-7,14H,8-12H2,1-5H3,(H,21,22). The molecule has 1 unspecified atom stereocenters. The molecule has 1 amide bonds. The summed E-state index contributed by atoms with van der Waals surface area (Å²) in [4.78, 5) is 20.8. The van der Waals surface area contributed by atoms with Crippen molar-refractivity contribution >= 4 is 14.4 Å². The Balaban J connectivity index is 1.88. The highest BCUT2D eigenvalue weighted by Gasteiger charge is 2.37. The molecule has 9 heteroatoms. The molecule has 1 aliphatic rings. The summed E-state index contributed by atoms with van der Waals surface area (Å²) in [5, 5.41) is 9.19. The third-order valence-corrected chi connectivity index (χ3v) is 9.36. The first kappa shape index (κ1) is 20.6. The van der Waals surface area contributed by atoms with Gasteiger partial charge in [-0.25, -0.2) is 9.78 Å². The molecular weight excluding hydrogens is 354 g/mol. The smallest absolute Gasteiger partial charge is 0.407 e. The van der Waals surface area contributed by atoms with Crippen LogP contribution in [-0.2, 0) is 15.8 Å². The Hall–Kier alpha value is -1.71. The quantitative estimate of drug-likeness (QED) is 0.755. The summed E-state index contributed by atoms with van der Waals surface area (Å²) < 4.78 is 17.3. The van der Waals surface area contributed by atoms with Crippen LogP contribution in [0.15, 0.2) is 12.3 Å². The third kappa shape index (κ3) is 5.65. The Labute approximate surface area is 155 Å². The summed E-state index contributed by atoms with van der Waals surface area (Å²) in [5.41, 5.74) is 0.761. The predicted octanol–water partition coefficient (Wildman–Crippen LogP) is 2.76. The zero-order valence-electron chi connectivity index (χ0n) is 16.2. The summed E-state index contributed by atoms with van der Waals surface area (Å²) in [6.45, 7) is 12.6. The van der Waals surface area contributed by atoms with E-state index in [2.05, 4.69) is 43.8 Å². The van der Waals surface area contributed by atoms with Crippen LogP contribution in [-0.4, -0.2) is 66.8 Å². The Morgan fingerprint density at radius 1 is 1.46 bits per heavy atom. The monoisotopic (exact) mass is 383 g/mol. The van der Waals surface area contributed by atoms with E-state index in [1.54, 1.807) is 6.20 Å². The fraction of sp³-hybridized carbons (Fsp3) is 0.706. The molecule has 2 heterocycles. The SMILES string of the molecule is CC(C)(C)[Si](C)(C)OCc1ccnc(OCC2CN(C(=O)O)CCO2)n1.